The van der Waals surface area contributed by atoms with Gasteiger partial charge >= 0.3 is 0 Å². The molecule has 3 aromatic rings. The summed E-state index contributed by atoms with van der Waals surface area (Å²) in [4.78, 5) is 34.6. The van der Waals surface area contributed by atoms with Crippen LogP contribution in [-0.2, 0) is 32.8 Å². The molecule has 11 heteroatoms. The molecule has 1 aromatic carbocycles. The van der Waals surface area contributed by atoms with E-state index in [2.05, 4.69) is 52.2 Å². The van der Waals surface area contributed by atoms with E-state index in [1.54, 1.807) is 19.4 Å². The predicted octanol–water partition coefficient (Wildman–Crippen LogP) is 2.88. The Bertz CT molecular complexity index is 1370. The number of aromatic amines is 1. The molecule has 1 saturated heterocycles. The Morgan fingerprint density at radius 2 is 1.95 bits per heavy atom. The summed E-state index contributed by atoms with van der Waals surface area (Å²) in [5, 5.41) is 10.8. The van der Waals surface area contributed by atoms with Crippen molar-refractivity contribution in [2.45, 2.75) is 51.5 Å². The Balaban J connectivity index is 1.39. The highest BCUT2D eigenvalue weighted by atomic mass is 16.5. The van der Waals surface area contributed by atoms with Gasteiger partial charge in [0.05, 0.1) is 49.4 Å². The number of fused-ring (bicyclic) bond motifs is 5. The van der Waals surface area contributed by atoms with Crippen molar-refractivity contribution in [3.05, 3.63) is 71.3 Å². The largest absolute Gasteiger partial charge is 0.456 e. The maximum absolute atomic E-state index is 13.4. The number of hydrogen-bond acceptors (Lipinski definition) is 8. The van der Waals surface area contributed by atoms with Gasteiger partial charge in [-0.2, -0.15) is 5.10 Å². The van der Waals surface area contributed by atoms with E-state index in [1.807, 2.05) is 24.3 Å². The first-order valence-electron chi connectivity index (χ1n) is 13.9. The van der Waals surface area contributed by atoms with E-state index in [0.717, 1.165) is 17.0 Å². The topological polar surface area (TPSA) is 122 Å². The molecule has 2 aliphatic heterocycles. The Morgan fingerprint density at radius 1 is 1.10 bits per heavy atom. The molecular formula is C30H38N6O5. The zero-order valence-electron chi connectivity index (χ0n) is 24.1. The van der Waals surface area contributed by atoms with Crippen molar-refractivity contribution >= 4 is 11.8 Å². The minimum absolute atomic E-state index is 0.0509. The van der Waals surface area contributed by atoms with E-state index < -0.39 is 0 Å². The first-order valence-corrected chi connectivity index (χ1v) is 13.9. The molecule has 41 heavy (non-hydrogen) atoms. The van der Waals surface area contributed by atoms with Gasteiger partial charge in [-0.1, -0.05) is 32.9 Å². The molecule has 5 rings (SSSR count). The fourth-order valence-electron chi connectivity index (χ4n) is 5.05. The van der Waals surface area contributed by atoms with Gasteiger partial charge in [0, 0.05) is 50.6 Å². The van der Waals surface area contributed by atoms with Crippen LogP contribution in [0, 0.1) is 0 Å². The van der Waals surface area contributed by atoms with Crippen molar-refractivity contribution in [2.75, 3.05) is 39.9 Å². The smallest absolute Gasteiger partial charge is 0.256 e. The second-order valence-corrected chi connectivity index (χ2v) is 11.6. The summed E-state index contributed by atoms with van der Waals surface area (Å²) in [6, 6.07) is 11.1. The number of nitrogens with zero attached hydrogens (tertiary/aromatic N) is 4. The fourth-order valence-corrected chi connectivity index (χ4v) is 5.05. The van der Waals surface area contributed by atoms with Crippen LogP contribution in [0.4, 0.5) is 0 Å². The van der Waals surface area contributed by atoms with E-state index >= 15 is 0 Å². The first-order chi connectivity index (χ1) is 19.7. The van der Waals surface area contributed by atoms with Crippen LogP contribution in [0.5, 0.6) is 11.5 Å². The molecule has 218 valence electrons. The Labute approximate surface area is 240 Å². The summed E-state index contributed by atoms with van der Waals surface area (Å²) < 4.78 is 17.6. The van der Waals surface area contributed by atoms with E-state index in [9.17, 15) is 9.59 Å². The molecule has 2 aromatic heterocycles. The zero-order chi connectivity index (χ0) is 29.0. The number of likely N-dealkylation sites (tertiary alicyclic amines) is 1. The van der Waals surface area contributed by atoms with Crippen LogP contribution < -0.4 is 10.1 Å². The normalized spacial score (nSPS) is 20.4. The lowest BCUT2D eigenvalue weighted by Crippen LogP contribution is -2.49. The van der Waals surface area contributed by atoms with Crippen molar-refractivity contribution in [3.8, 4) is 11.5 Å². The zero-order valence-corrected chi connectivity index (χ0v) is 24.1. The van der Waals surface area contributed by atoms with Crippen molar-refractivity contribution in [1.29, 1.82) is 0 Å². The number of carbonyl (C=O) groups is 2. The van der Waals surface area contributed by atoms with Crippen LogP contribution in [0.1, 0.15) is 48.1 Å². The molecule has 2 amide bonds. The van der Waals surface area contributed by atoms with Crippen LogP contribution in [0.3, 0.4) is 0 Å². The average molecular weight is 563 g/mol. The van der Waals surface area contributed by atoms with Gasteiger partial charge in [-0.05, 0) is 29.8 Å². The number of ether oxygens (including phenoxy) is 3. The third-order valence-corrected chi connectivity index (χ3v) is 7.23. The summed E-state index contributed by atoms with van der Waals surface area (Å²) in [5.41, 5.74) is 3.23. The van der Waals surface area contributed by atoms with Gasteiger partial charge in [0.2, 0.25) is 5.91 Å². The lowest BCUT2D eigenvalue weighted by molar-refractivity contribution is -0.123. The summed E-state index contributed by atoms with van der Waals surface area (Å²) >= 11 is 0. The van der Waals surface area contributed by atoms with E-state index in [4.69, 9.17) is 14.2 Å². The fraction of sp³-hybridized carbons (Fsp3) is 0.467. The molecule has 0 unspecified atom stereocenters. The van der Waals surface area contributed by atoms with Crippen molar-refractivity contribution in [2.24, 2.45) is 0 Å². The summed E-state index contributed by atoms with van der Waals surface area (Å²) in [7, 11) is 1.56. The number of hydrogen-bond donors (Lipinski definition) is 2. The van der Waals surface area contributed by atoms with Gasteiger partial charge in [0.25, 0.3) is 5.91 Å². The monoisotopic (exact) mass is 562 g/mol. The molecule has 0 saturated carbocycles. The Kier molecular flexibility index (Phi) is 8.67. The maximum atomic E-state index is 13.4. The van der Waals surface area contributed by atoms with E-state index in [0.29, 0.717) is 49.9 Å². The van der Waals surface area contributed by atoms with Gasteiger partial charge in [0.15, 0.2) is 0 Å². The lowest BCUT2D eigenvalue weighted by Gasteiger charge is -2.25. The van der Waals surface area contributed by atoms with Crippen molar-refractivity contribution < 1.29 is 23.8 Å². The van der Waals surface area contributed by atoms with Crippen LogP contribution in [0.2, 0.25) is 0 Å². The van der Waals surface area contributed by atoms with E-state index in [1.165, 1.54) is 11.1 Å². The van der Waals surface area contributed by atoms with E-state index in [-0.39, 0.29) is 42.5 Å². The van der Waals surface area contributed by atoms with Gasteiger partial charge < -0.3 is 24.4 Å². The molecule has 0 spiro atoms. The van der Waals surface area contributed by atoms with Crippen LogP contribution in [-0.4, -0.2) is 88.8 Å². The summed E-state index contributed by atoms with van der Waals surface area (Å²) in [6.45, 7) is 9.06. The molecule has 2 aliphatic rings. The SMILES string of the molecule is COCCN1CC(=O)N[C@H]2CN(Cc3cc(C(C)(C)C)n[nH]3)C[C@@H]2OCc2cccc(c2)Oc2cncc(c2)C1=O. The quantitative estimate of drug-likeness (QED) is 0.487. The average Bonchev–Trinajstić information content (AvgIpc) is 3.56. The molecule has 11 nitrogen and oxygen atoms in total. The summed E-state index contributed by atoms with van der Waals surface area (Å²) in [6.07, 6.45) is 2.78. The van der Waals surface area contributed by atoms with Crippen molar-refractivity contribution in [1.82, 2.24) is 30.3 Å². The second-order valence-electron chi connectivity index (χ2n) is 11.6. The second kappa shape index (κ2) is 12.4. The van der Waals surface area contributed by atoms with Gasteiger partial charge in [-0.15, -0.1) is 0 Å². The van der Waals surface area contributed by atoms with Gasteiger partial charge in [-0.25, -0.2) is 0 Å². The summed E-state index contributed by atoms with van der Waals surface area (Å²) in [5.74, 6) is 0.455. The first kappa shape index (κ1) is 28.7. The number of nitrogens with one attached hydrogen (secondary N) is 2. The standard InChI is InChI=1S/C30H38N6O5/c1-30(2,3)27-12-22(33-34-27)15-35-16-25-26(17-35)40-19-20-6-5-7-23(10-20)41-24-11-21(13-31-14-24)29(38)36(8-9-39-4)18-28(37)32-25/h5-7,10-14,25-26H,8-9,15-19H2,1-4H3,(H,32,37)(H,33,34)/t25-,26-/m0/s1. The molecule has 2 N–H and O–H groups in total. The van der Waals surface area contributed by atoms with Crippen LogP contribution in [0.25, 0.3) is 0 Å². The number of rotatable bonds is 5. The number of benzene rings is 1. The van der Waals surface area contributed by atoms with Gasteiger partial charge in [-0.3, -0.25) is 24.6 Å². The molecule has 1 fully saturated rings. The maximum Gasteiger partial charge on any atom is 0.256 e. The number of methoxy groups -OCH3 is 1. The number of amides is 2. The highest BCUT2D eigenvalue weighted by Crippen LogP contribution is 2.26. The Hall–Kier alpha value is -3.80. The third-order valence-electron chi connectivity index (χ3n) is 7.23. The lowest BCUT2D eigenvalue weighted by atomic mass is 9.92. The Morgan fingerprint density at radius 3 is 2.73 bits per heavy atom. The molecule has 4 bridgehead atoms. The molecule has 4 heterocycles. The third kappa shape index (κ3) is 7.29. The molecular weight excluding hydrogens is 524 g/mol. The molecule has 2 atom stereocenters. The minimum atomic E-state index is -0.328. The predicted molar refractivity (Wildman–Crippen MR) is 152 cm³/mol. The molecule has 0 radical (unpaired) electrons. The molecule has 0 aliphatic carbocycles. The number of pyridine rings is 1. The van der Waals surface area contributed by atoms with Gasteiger partial charge in [0.1, 0.15) is 11.5 Å². The number of carbonyl (C=O) groups excluding carboxylic acids is 2. The minimum Gasteiger partial charge on any atom is -0.456 e. The van der Waals surface area contributed by atoms with Crippen LogP contribution in [0.15, 0.2) is 48.8 Å². The van der Waals surface area contributed by atoms with Crippen molar-refractivity contribution in [3.63, 3.8) is 0 Å². The highest BCUT2D eigenvalue weighted by molar-refractivity contribution is 5.96. The number of H-pyrrole nitrogens is 1. The van der Waals surface area contributed by atoms with Crippen LogP contribution >= 0.6 is 0 Å². The highest BCUT2D eigenvalue weighted by Gasteiger charge is 2.35. The number of aromatic nitrogens is 3.